The normalized spacial score (nSPS) is 14.9. The second-order valence-electron chi connectivity index (χ2n) is 3.91. The molecule has 0 bridgehead atoms. The average molecular weight is 246 g/mol. The molecule has 0 N–H and O–H groups in total. The fourth-order valence-corrected chi connectivity index (χ4v) is 3.62. The molecule has 2 heterocycles. The second kappa shape index (κ2) is 4.00. The van der Waals surface area contributed by atoms with Crippen molar-refractivity contribution in [2.75, 3.05) is 0 Å². The summed E-state index contributed by atoms with van der Waals surface area (Å²) in [6, 6.07) is 6.38. The highest BCUT2D eigenvalue weighted by Crippen LogP contribution is 2.44. The van der Waals surface area contributed by atoms with E-state index in [-0.39, 0.29) is 0 Å². The molecule has 16 heavy (non-hydrogen) atoms. The van der Waals surface area contributed by atoms with Gasteiger partial charge in [-0.25, -0.2) is 4.98 Å². The Bertz CT molecular complexity index is 530. The Labute approximate surface area is 102 Å². The van der Waals surface area contributed by atoms with Gasteiger partial charge in [0, 0.05) is 10.8 Å². The van der Waals surface area contributed by atoms with Crippen molar-refractivity contribution in [1.82, 2.24) is 4.98 Å². The van der Waals surface area contributed by atoms with Crippen LogP contribution in [0.15, 0.2) is 17.5 Å². The highest BCUT2D eigenvalue weighted by atomic mass is 32.1. The fraction of sp³-hybridized carbons (Fsp3) is 0.333. The largest absolute Gasteiger partial charge is 0.240 e. The van der Waals surface area contributed by atoms with Gasteiger partial charge in [0.1, 0.15) is 5.01 Å². The van der Waals surface area contributed by atoms with Crippen LogP contribution in [0, 0.1) is 11.3 Å². The molecule has 0 radical (unpaired) electrons. The second-order valence-corrected chi connectivity index (χ2v) is 5.95. The molecule has 2 aromatic rings. The van der Waals surface area contributed by atoms with Crippen molar-refractivity contribution >= 4 is 22.7 Å². The molecule has 1 aliphatic carbocycles. The molecule has 0 spiro atoms. The Kier molecular flexibility index (Phi) is 2.50. The maximum absolute atomic E-state index is 8.82. The number of aromatic nitrogens is 1. The lowest BCUT2D eigenvalue weighted by atomic mass is 10.2. The molecule has 0 atom stereocenters. The molecule has 0 unspecified atom stereocenters. The Hall–Kier alpha value is -1.18. The summed E-state index contributed by atoms with van der Waals surface area (Å²) in [4.78, 5) is 7.10. The van der Waals surface area contributed by atoms with Crippen molar-refractivity contribution in [3.05, 3.63) is 28.1 Å². The Morgan fingerprint density at radius 3 is 3.00 bits per heavy atom. The summed E-state index contributed by atoms with van der Waals surface area (Å²) in [6.45, 7) is 0. The molecule has 0 amide bonds. The average Bonchev–Trinajstić information content (AvgIpc) is 2.82. The van der Waals surface area contributed by atoms with E-state index in [4.69, 9.17) is 10.2 Å². The van der Waals surface area contributed by atoms with Gasteiger partial charge in [-0.05, 0) is 24.3 Å². The van der Waals surface area contributed by atoms with Gasteiger partial charge in [0.25, 0.3) is 0 Å². The lowest BCUT2D eigenvalue weighted by Crippen LogP contribution is -1.86. The smallest absolute Gasteiger partial charge is 0.133 e. The first-order chi connectivity index (χ1) is 7.88. The van der Waals surface area contributed by atoms with Crippen LogP contribution >= 0.6 is 22.7 Å². The van der Waals surface area contributed by atoms with E-state index in [9.17, 15) is 0 Å². The molecule has 2 aromatic heterocycles. The van der Waals surface area contributed by atoms with Crippen molar-refractivity contribution in [3.63, 3.8) is 0 Å². The number of hydrogen-bond acceptors (Lipinski definition) is 4. The van der Waals surface area contributed by atoms with Crippen LogP contribution < -0.4 is 0 Å². The van der Waals surface area contributed by atoms with Gasteiger partial charge in [0.05, 0.1) is 23.1 Å². The number of nitriles is 1. The van der Waals surface area contributed by atoms with Gasteiger partial charge in [-0.1, -0.05) is 6.07 Å². The van der Waals surface area contributed by atoms with Crippen LogP contribution in [0.1, 0.15) is 29.3 Å². The first-order valence-electron chi connectivity index (χ1n) is 5.29. The lowest BCUT2D eigenvalue weighted by molar-refractivity contribution is 1.02. The third-order valence-corrected chi connectivity index (χ3v) is 4.77. The number of rotatable bonds is 3. The molecule has 4 heteroatoms. The number of hydrogen-bond donors (Lipinski definition) is 0. The molecular formula is C12H10N2S2. The van der Waals surface area contributed by atoms with Crippen molar-refractivity contribution < 1.29 is 0 Å². The van der Waals surface area contributed by atoms with E-state index < -0.39 is 0 Å². The Morgan fingerprint density at radius 1 is 1.50 bits per heavy atom. The monoisotopic (exact) mass is 246 g/mol. The first-order valence-corrected chi connectivity index (χ1v) is 6.98. The maximum Gasteiger partial charge on any atom is 0.133 e. The minimum Gasteiger partial charge on any atom is -0.240 e. The van der Waals surface area contributed by atoms with Gasteiger partial charge < -0.3 is 0 Å². The third-order valence-electron chi connectivity index (χ3n) is 2.66. The van der Waals surface area contributed by atoms with Crippen LogP contribution in [0.3, 0.4) is 0 Å². The summed E-state index contributed by atoms with van der Waals surface area (Å²) >= 11 is 3.40. The van der Waals surface area contributed by atoms with E-state index in [1.54, 1.807) is 22.7 Å². The molecule has 3 rings (SSSR count). The summed E-state index contributed by atoms with van der Waals surface area (Å²) in [7, 11) is 0. The highest BCUT2D eigenvalue weighted by molar-refractivity contribution is 7.21. The molecule has 1 saturated carbocycles. The van der Waals surface area contributed by atoms with E-state index in [1.807, 2.05) is 6.07 Å². The minimum atomic E-state index is 0.509. The summed E-state index contributed by atoms with van der Waals surface area (Å²) in [6.07, 6.45) is 2.99. The molecule has 0 aliphatic heterocycles. The molecular weight excluding hydrogens is 236 g/mol. The Balaban J connectivity index is 2.01. The standard InChI is InChI=1S/C12H10N2S2/c13-6-5-9-11(8-3-4-8)14-12(16-9)10-2-1-7-15-10/h1-2,7-8H,3-5H2. The van der Waals surface area contributed by atoms with Crippen LogP contribution in [-0.2, 0) is 6.42 Å². The topological polar surface area (TPSA) is 36.7 Å². The number of thiophene rings is 1. The zero-order valence-corrected chi connectivity index (χ0v) is 10.3. The summed E-state index contributed by atoms with van der Waals surface area (Å²) in [5.74, 6) is 0.633. The van der Waals surface area contributed by atoms with Gasteiger partial charge in [-0.3, -0.25) is 0 Å². The molecule has 0 saturated heterocycles. The number of nitrogens with zero attached hydrogens (tertiary/aromatic N) is 2. The van der Waals surface area contributed by atoms with E-state index in [0.717, 1.165) is 5.01 Å². The van der Waals surface area contributed by atoms with Crippen LogP contribution in [0.4, 0.5) is 0 Å². The van der Waals surface area contributed by atoms with E-state index in [1.165, 1.54) is 28.3 Å². The van der Waals surface area contributed by atoms with Gasteiger partial charge in [-0.2, -0.15) is 5.26 Å². The van der Waals surface area contributed by atoms with Crippen molar-refractivity contribution in [2.45, 2.75) is 25.2 Å². The summed E-state index contributed by atoms with van der Waals surface area (Å²) in [5, 5.41) is 12.0. The lowest BCUT2D eigenvalue weighted by Gasteiger charge is -1.92. The van der Waals surface area contributed by atoms with Crippen LogP contribution in [0.2, 0.25) is 0 Å². The van der Waals surface area contributed by atoms with E-state index in [2.05, 4.69) is 17.5 Å². The number of thiazole rings is 1. The zero-order chi connectivity index (χ0) is 11.0. The predicted molar refractivity (Wildman–Crippen MR) is 66.7 cm³/mol. The predicted octanol–water partition coefficient (Wildman–Crippen LogP) is 3.82. The Morgan fingerprint density at radius 2 is 2.38 bits per heavy atom. The minimum absolute atomic E-state index is 0.509. The van der Waals surface area contributed by atoms with E-state index >= 15 is 0 Å². The third kappa shape index (κ3) is 1.77. The van der Waals surface area contributed by atoms with Crippen LogP contribution in [0.25, 0.3) is 9.88 Å². The maximum atomic E-state index is 8.82. The molecule has 2 nitrogen and oxygen atoms in total. The fourth-order valence-electron chi connectivity index (χ4n) is 1.74. The first kappa shape index (κ1) is 10.0. The molecule has 0 aromatic carbocycles. The van der Waals surface area contributed by atoms with Crippen LogP contribution in [0.5, 0.6) is 0 Å². The van der Waals surface area contributed by atoms with Crippen molar-refractivity contribution in [1.29, 1.82) is 5.26 Å². The molecule has 1 fully saturated rings. The van der Waals surface area contributed by atoms with Gasteiger partial charge in [-0.15, -0.1) is 22.7 Å². The van der Waals surface area contributed by atoms with Crippen molar-refractivity contribution in [3.8, 4) is 16.0 Å². The van der Waals surface area contributed by atoms with E-state index in [0.29, 0.717) is 12.3 Å². The van der Waals surface area contributed by atoms with Crippen molar-refractivity contribution in [2.24, 2.45) is 0 Å². The summed E-state index contributed by atoms with van der Waals surface area (Å²) in [5.41, 5.74) is 1.19. The zero-order valence-electron chi connectivity index (χ0n) is 8.64. The summed E-state index contributed by atoms with van der Waals surface area (Å²) < 4.78 is 0. The molecule has 1 aliphatic rings. The van der Waals surface area contributed by atoms with Gasteiger partial charge in [0.2, 0.25) is 0 Å². The van der Waals surface area contributed by atoms with Gasteiger partial charge >= 0.3 is 0 Å². The quantitative estimate of drug-likeness (QED) is 0.825. The SMILES string of the molecule is N#CCc1sc(-c2cccs2)nc1C1CC1. The van der Waals surface area contributed by atoms with Crippen LogP contribution in [-0.4, -0.2) is 4.98 Å². The molecule has 80 valence electrons. The highest BCUT2D eigenvalue weighted by Gasteiger charge is 2.29. The van der Waals surface area contributed by atoms with Gasteiger partial charge in [0.15, 0.2) is 0 Å².